The molecule has 21 heavy (non-hydrogen) atoms. The molecular weight excluding hydrogens is 264 g/mol. The molecule has 1 unspecified atom stereocenters. The van der Waals surface area contributed by atoms with Gasteiger partial charge in [0.05, 0.1) is 12.0 Å². The summed E-state index contributed by atoms with van der Waals surface area (Å²) in [5.74, 6) is -0.294. The van der Waals surface area contributed by atoms with Gasteiger partial charge in [-0.3, -0.25) is 4.79 Å². The van der Waals surface area contributed by atoms with Crippen LogP contribution in [0.1, 0.15) is 24.2 Å². The van der Waals surface area contributed by atoms with E-state index >= 15 is 0 Å². The van der Waals surface area contributed by atoms with Crippen LogP contribution in [0.15, 0.2) is 54.6 Å². The Morgan fingerprint density at radius 2 is 1.76 bits per heavy atom. The molecule has 2 aromatic rings. The molecule has 0 spiro atoms. The van der Waals surface area contributed by atoms with E-state index in [1.165, 1.54) is 0 Å². The van der Waals surface area contributed by atoms with Gasteiger partial charge in [0.1, 0.15) is 5.75 Å². The molecule has 0 radical (unpaired) electrons. The van der Waals surface area contributed by atoms with Crippen molar-refractivity contribution in [1.29, 1.82) is 0 Å². The van der Waals surface area contributed by atoms with Gasteiger partial charge in [-0.1, -0.05) is 55.5 Å². The monoisotopic (exact) mass is 282 g/mol. The van der Waals surface area contributed by atoms with E-state index in [1.807, 2.05) is 55.5 Å². The molecular formula is C18H18O3. The molecule has 3 atom stereocenters. The second-order valence-electron chi connectivity index (χ2n) is 5.59. The highest BCUT2D eigenvalue weighted by Crippen LogP contribution is 2.36. The quantitative estimate of drug-likeness (QED) is 0.680. The Bertz CT molecular complexity index is 636. The summed E-state index contributed by atoms with van der Waals surface area (Å²) in [6.07, 6.45) is -0.126. The van der Waals surface area contributed by atoms with Gasteiger partial charge in [0.25, 0.3) is 0 Å². The Hall–Kier alpha value is -2.13. The van der Waals surface area contributed by atoms with Crippen LogP contribution >= 0.6 is 0 Å². The molecule has 108 valence electrons. The zero-order chi connectivity index (χ0) is 14.8. The molecule has 1 aliphatic rings. The summed E-state index contributed by atoms with van der Waals surface area (Å²) >= 11 is 0. The maximum atomic E-state index is 12.4. The first-order valence-corrected chi connectivity index (χ1v) is 7.19. The molecule has 3 heteroatoms. The summed E-state index contributed by atoms with van der Waals surface area (Å²) in [4.78, 5) is 12.4. The van der Waals surface area contributed by atoms with Crippen LogP contribution in [0.2, 0.25) is 0 Å². The lowest BCUT2D eigenvalue weighted by Gasteiger charge is -2.24. The first-order valence-electron chi connectivity index (χ1n) is 7.19. The van der Waals surface area contributed by atoms with E-state index in [0.717, 1.165) is 17.5 Å². The number of hydrogen-bond donors (Lipinski definition) is 1. The molecule has 3 nitrogen and oxygen atoms in total. The van der Waals surface area contributed by atoms with Crippen molar-refractivity contribution in [2.24, 2.45) is 11.8 Å². The highest BCUT2D eigenvalue weighted by molar-refractivity contribution is 5.77. The number of esters is 1. The minimum atomic E-state index is -0.844. The summed E-state index contributed by atoms with van der Waals surface area (Å²) < 4.78 is 5.48. The lowest BCUT2D eigenvalue weighted by Crippen LogP contribution is -2.31. The normalized spacial score (nSPS) is 22.9. The molecule has 0 saturated carbocycles. The highest BCUT2D eigenvalue weighted by Gasteiger charge is 2.37. The van der Waals surface area contributed by atoms with E-state index in [-0.39, 0.29) is 11.9 Å². The molecule has 0 bridgehead atoms. The Morgan fingerprint density at radius 3 is 2.52 bits per heavy atom. The lowest BCUT2D eigenvalue weighted by atomic mass is 9.82. The standard InChI is InChI=1S/C18H18O3/c1-12-11-14-9-5-6-10-15(14)21-18(20)16(12)17(19)13-7-3-2-4-8-13/h2-10,12,16-17,19H,11H2,1H3/t12-,16-,17?/m1/s1. The number of carbonyl (C=O) groups excluding carboxylic acids is 1. The van der Waals surface area contributed by atoms with Crippen LogP contribution in [0.4, 0.5) is 0 Å². The Labute approximate surface area is 124 Å². The number of ether oxygens (including phenoxy) is 1. The second-order valence-corrected chi connectivity index (χ2v) is 5.59. The van der Waals surface area contributed by atoms with Gasteiger partial charge in [-0.05, 0) is 29.5 Å². The van der Waals surface area contributed by atoms with Crippen LogP contribution in [-0.4, -0.2) is 11.1 Å². The van der Waals surface area contributed by atoms with Gasteiger partial charge in [0.2, 0.25) is 0 Å². The van der Waals surface area contributed by atoms with Crippen molar-refractivity contribution < 1.29 is 14.6 Å². The average Bonchev–Trinajstić information content (AvgIpc) is 2.62. The van der Waals surface area contributed by atoms with E-state index < -0.39 is 12.0 Å². The number of aliphatic hydroxyl groups is 1. The van der Waals surface area contributed by atoms with Crippen LogP contribution in [0.5, 0.6) is 5.75 Å². The number of benzene rings is 2. The summed E-state index contributed by atoms with van der Waals surface area (Å²) in [7, 11) is 0. The maximum Gasteiger partial charge on any atom is 0.317 e. The van der Waals surface area contributed by atoms with Crippen molar-refractivity contribution in [3.63, 3.8) is 0 Å². The summed E-state index contributed by atoms with van der Waals surface area (Å²) in [6.45, 7) is 1.99. The Kier molecular flexibility index (Phi) is 3.76. The van der Waals surface area contributed by atoms with Crippen LogP contribution < -0.4 is 4.74 Å². The first kappa shape index (κ1) is 13.8. The zero-order valence-corrected chi connectivity index (χ0v) is 11.9. The minimum absolute atomic E-state index is 0.0105. The fraction of sp³-hybridized carbons (Fsp3) is 0.278. The van der Waals surface area contributed by atoms with Crippen molar-refractivity contribution in [2.75, 3.05) is 0 Å². The first-order chi connectivity index (χ1) is 10.2. The second kappa shape index (κ2) is 5.70. The summed E-state index contributed by atoms with van der Waals surface area (Å²) in [6, 6.07) is 16.8. The van der Waals surface area contributed by atoms with E-state index in [2.05, 4.69) is 0 Å². The maximum absolute atomic E-state index is 12.4. The van der Waals surface area contributed by atoms with Gasteiger partial charge in [-0.2, -0.15) is 0 Å². The van der Waals surface area contributed by atoms with Gasteiger partial charge in [0.15, 0.2) is 0 Å². The third kappa shape index (κ3) is 2.69. The number of rotatable bonds is 2. The van der Waals surface area contributed by atoms with E-state index in [9.17, 15) is 9.90 Å². The van der Waals surface area contributed by atoms with Gasteiger partial charge in [-0.15, -0.1) is 0 Å². The van der Waals surface area contributed by atoms with E-state index in [4.69, 9.17) is 4.74 Å². The minimum Gasteiger partial charge on any atom is -0.426 e. The van der Waals surface area contributed by atoms with Crippen LogP contribution in [0, 0.1) is 11.8 Å². The molecule has 1 heterocycles. The fourth-order valence-corrected chi connectivity index (χ4v) is 2.95. The van der Waals surface area contributed by atoms with E-state index in [1.54, 1.807) is 6.07 Å². The number of para-hydroxylation sites is 1. The Balaban J connectivity index is 1.92. The van der Waals surface area contributed by atoms with Crippen molar-refractivity contribution in [3.8, 4) is 5.75 Å². The molecule has 0 saturated heterocycles. The molecule has 2 aromatic carbocycles. The van der Waals surface area contributed by atoms with Crippen molar-refractivity contribution in [2.45, 2.75) is 19.4 Å². The smallest absolute Gasteiger partial charge is 0.317 e. The van der Waals surface area contributed by atoms with Crippen LogP contribution in [0.3, 0.4) is 0 Å². The van der Waals surface area contributed by atoms with Gasteiger partial charge in [0, 0.05) is 0 Å². The number of carbonyl (C=O) groups is 1. The van der Waals surface area contributed by atoms with Gasteiger partial charge in [-0.25, -0.2) is 0 Å². The molecule has 3 rings (SSSR count). The number of hydrogen-bond acceptors (Lipinski definition) is 3. The highest BCUT2D eigenvalue weighted by atomic mass is 16.5. The predicted molar refractivity (Wildman–Crippen MR) is 79.8 cm³/mol. The molecule has 0 fully saturated rings. The van der Waals surface area contributed by atoms with Crippen molar-refractivity contribution in [3.05, 3.63) is 65.7 Å². The molecule has 0 aromatic heterocycles. The number of aliphatic hydroxyl groups excluding tert-OH is 1. The van der Waals surface area contributed by atoms with Crippen molar-refractivity contribution >= 4 is 5.97 Å². The fourth-order valence-electron chi connectivity index (χ4n) is 2.95. The van der Waals surface area contributed by atoms with E-state index in [0.29, 0.717) is 5.75 Å². The third-order valence-corrected chi connectivity index (χ3v) is 4.09. The molecule has 1 aliphatic heterocycles. The lowest BCUT2D eigenvalue weighted by molar-refractivity contribution is -0.144. The van der Waals surface area contributed by atoms with Crippen molar-refractivity contribution in [1.82, 2.24) is 0 Å². The Morgan fingerprint density at radius 1 is 1.10 bits per heavy atom. The number of fused-ring (bicyclic) bond motifs is 1. The summed E-state index contributed by atoms with van der Waals surface area (Å²) in [5.41, 5.74) is 1.76. The zero-order valence-electron chi connectivity index (χ0n) is 11.9. The topological polar surface area (TPSA) is 46.5 Å². The van der Waals surface area contributed by atoms with Crippen LogP contribution in [-0.2, 0) is 11.2 Å². The SMILES string of the molecule is C[C@@H]1Cc2ccccc2OC(=O)[C@H]1C(O)c1ccccc1. The third-order valence-electron chi connectivity index (χ3n) is 4.09. The molecule has 1 N–H and O–H groups in total. The van der Waals surface area contributed by atoms with Crippen LogP contribution in [0.25, 0.3) is 0 Å². The molecule has 0 amide bonds. The molecule has 0 aliphatic carbocycles. The van der Waals surface area contributed by atoms with Gasteiger partial charge < -0.3 is 9.84 Å². The predicted octanol–water partition coefficient (Wildman–Crippen LogP) is 3.13. The van der Waals surface area contributed by atoms with Gasteiger partial charge >= 0.3 is 5.97 Å². The summed E-state index contributed by atoms with van der Waals surface area (Å²) in [5, 5.41) is 10.6. The average molecular weight is 282 g/mol. The largest absolute Gasteiger partial charge is 0.426 e.